The fourth-order valence-electron chi connectivity index (χ4n) is 5.66. The Bertz CT molecular complexity index is 2210. The summed E-state index contributed by atoms with van der Waals surface area (Å²) < 4.78 is 26.3. The van der Waals surface area contributed by atoms with Crippen LogP contribution in [0.2, 0.25) is 0 Å². The first-order valence-corrected chi connectivity index (χ1v) is 14.8. The number of benzene rings is 5. The number of para-hydroxylation sites is 1. The van der Waals surface area contributed by atoms with Crippen molar-refractivity contribution in [1.82, 2.24) is 9.55 Å². The fourth-order valence-corrected chi connectivity index (χ4v) is 5.66. The van der Waals surface area contributed by atoms with Crippen molar-refractivity contribution in [3.05, 3.63) is 138 Å². The molecular weight excluding hydrogens is 603 g/mol. The molecule has 0 aliphatic heterocycles. The number of aryl methyl sites for hydroxylation is 1. The van der Waals surface area contributed by atoms with Crippen molar-refractivity contribution in [3.8, 4) is 34.5 Å². The summed E-state index contributed by atoms with van der Waals surface area (Å²) in [5, 5.41) is 13.4. The summed E-state index contributed by atoms with van der Waals surface area (Å²) in [7, 11) is 1.63. The first-order valence-electron chi connectivity index (χ1n) is 14.8. The van der Waals surface area contributed by atoms with E-state index < -0.39 is 5.97 Å². The number of carboxylic acids is 1. The molecule has 0 bridgehead atoms. The van der Waals surface area contributed by atoms with E-state index in [1.807, 2.05) is 79.7 Å². The number of oxazole rings is 1. The zero-order valence-electron chi connectivity index (χ0n) is 26.2. The van der Waals surface area contributed by atoms with E-state index >= 15 is 0 Å². The van der Waals surface area contributed by atoms with Crippen molar-refractivity contribution in [2.24, 2.45) is 0 Å². The Kier molecular flexibility index (Phi) is 9.36. The second-order valence-electron chi connectivity index (χ2n) is 10.8. The number of nitrogens with zero attached hydrogens (tertiary/aromatic N) is 2. The Labute approximate surface area is 293 Å². The average Bonchev–Trinajstić information content (AvgIpc) is 3.62. The Morgan fingerprint density at radius 2 is 1.60 bits per heavy atom. The van der Waals surface area contributed by atoms with Crippen molar-refractivity contribution >= 4 is 27.8 Å². The van der Waals surface area contributed by atoms with Crippen LogP contribution in [-0.4, -0.2) is 22.6 Å². The standard InChI is InChI=1S/C38H30N2O6.Na/c1-24-30(39-37(45-24)26-10-4-3-5-11-26)23-44-33-19-18-25(20-35(33)43-2)22-40-31-15-7-6-14-29(31)36-32(40)16-9-17-34(36)46-28-13-8-12-27(21-28)38(41)42;/h3-21H,22-23H2,1-2H3,(H,41,42);/q;+1/p-1. The van der Waals surface area contributed by atoms with Gasteiger partial charge in [-0.2, -0.15) is 0 Å². The smallest absolute Gasteiger partial charge is 0.545 e. The summed E-state index contributed by atoms with van der Waals surface area (Å²) in [6.45, 7) is 2.68. The average molecular weight is 633 g/mol. The van der Waals surface area contributed by atoms with Gasteiger partial charge in [-0.3, -0.25) is 0 Å². The second kappa shape index (κ2) is 13.8. The second-order valence-corrected chi connectivity index (χ2v) is 10.8. The summed E-state index contributed by atoms with van der Waals surface area (Å²) in [6, 6.07) is 36.0. The number of fused-ring (bicyclic) bond motifs is 3. The van der Waals surface area contributed by atoms with Crippen LogP contribution in [0.1, 0.15) is 27.4 Å². The maximum absolute atomic E-state index is 11.4. The minimum absolute atomic E-state index is 0. The number of aromatic carboxylic acids is 1. The summed E-state index contributed by atoms with van der Waals surface area (Å²) >= 11 is 0. The molecule has 7 aromatic rings. The molecule has 5 aromatic carbocycles. The van der Waals surface area contributed by atoms with E-state index in [1.54, 1.807) is 19.2 Å². The first-order chi connectivity index (χ1) is 22.5. The van der Waals surface area contributed by atoms with Crippen LogP contribution in [0.5, 0.6) is 23.0 Å². The van der Waals surface area contributed by atoms with Gasteiger partial charge in [-0.1, -0.05) is 60.7 Å². The molecule has 7 rings (SSSR count). The Morgan fingerprint density at radius 1 is 0.830 bits per heavy atom. The van der Waals surface area contributed by atoms with Crippen LogP contribution in [0.4, 0.5) is 0 Å². The molecule has 8 nitrogen and oxygen atoms in total. The molecule has 0 radical (unpaired) electrons. The quantitative estimate of drug-likeness (QED) is 0.204. The Hall–Kier alpha value is -5.02. The van der Waals surface area contributed by atoms with Crippen LogP contribution in [0.25, 0.3) is 33.3 Å². The number of hydrogen-bond donors (Lipinski definition) is 0. The molecule has 0 amide bonds. The van der Waals surface area contributed by atoms with Crippen molar-refractivity contribution in [2.45, 2.75) is 20.1 Å². The van der Waals surface area contributed by atoms with E-state index in [9.17, 15) is 9.90 Å². The van der Waals surface area contributed by atoms with Crippen LogP contribution >= 0.6 is 0 Å². The van der Waals surface area contributed by atoms with Gasteiger partial charge in [-0.05, 0) is 67.1 Å². The van der Waals surface area contributed by atoms with E-state index in [0.717, 1.165) is 38.6 Å². The maximum Gasteiger partial charge on any atom is 1.00 e. The third-order valence-corrected chi connectivity index (χ3v) is 7.90. The number of methoxy groups -OCH3 is 1. The van der Waals surface area contributed by atoms with Gasteiger partial charge in [0.05, 0.1) is 24.0 Å². The molecule has 0 saturated carbocycles. The molecular formula is C38H29N2NaO6. The monoisotopic (exact) mass is 632 g/mol. The predicted octanol–water partition coefficient (Wildman–Crippen LogP) is 4.55. The van der Waals surface area contributed by atoms with Crippen LogP contribution in [0.3, 0.4) is 0 Å². The van der Waals surface area contributed by atoms with Gasteiger partial charge >= 0.3 is 29.6 Å². The van der Waals surface area contributed by atoms with Gasteiger partial charge in [0.2, 0.25) is 5.89 Å². The molecule has 0 spiro atoms. The van der Waals surface area contributed by atoms with Gasteiger partial charge in [0.1, 0.15) is 29.6 Å². The topological polar surface area (TPSA) is 98.8 Å². The summed E-state index contributed by atoms with van der Waals surface area (Å²) in [5.41, 5.74) is 4.72. The van der Waals surface area contributed by atoms with Crippen molar-refractivity contribution < 1.29 is 58.1 Å². The van der Waals surface area contributed by atoms with Gasteiger partial charge < -0.3 is 33.1 Å². The molecule has 0 aliphatic rings. The van der Waals surface area contributed by atoms with E-state index in [4.69, 9.17) is 18.6 Å². The van der Waals surface area contributed by atoms with Crippen molar-refractivity contribution in [3.63, 3.8) is 0 Å². The zero-order chi connectivity index (χ0) is 31.6. The van der Waals surface area contributed by atoms with E-state index in [-0.39, 0.29) is 41.7 Å². The van der Waals surface area contributed by atoms with Gasteiger partial charge in [0.15, 0.2) is 11.5 Å². The number of carboxylic acid groups (broad SMARTS) is 1. The molecule has 47 heavy (non-hydrogen) atoms. The molecule has 2 aromatic heterocycles. The predicted molar refractivity (Wildman–Crippen MR) is 173 cm³/mol. The molecule has 0 unspecified atom stereocenters. The van der Waals surface area contributed by atoms with E-state index in [1.165, 1.54) is 12.1 Å². The number of hydrogen-bond acceptors (Lipinski definition) is 7. The molecule has 0 fully saturated rings. The normalized spacial score (nSPS) is 10.9. The summed E-state index contributed by atoms with van der Waals surface area (Å²) in [6.07, 6.45) is 0. The van der Waals surface area contributed by atoms with Gasteiger partial charge in [0, 0.05) is 28.6 Å². The summed E-state index contributed by atoms with van der Waals surface area (Å²) in [4.78, 5) is 16.1. The molecule has 0 N–H and O–H groups in total. The van der Waals surface area contributed by atoms with Crippen LogP contribution < -0.4 is 48.9 Å². The molecule has 0 atom stereocenters. The summed E-state index contributed by atoms with van der Waals surface area (Å²) in [5.74, 6) is 2.27. The van der Waals surface area contributed by atoms with Crippen molar-refractivity contribution in [1.29, 1.82) is 0 Å². The minimum Gasteiger partial charge on any atom is -0.545 e. The van der Waals surface area contributed by atoms with Crippen LogP contribution in [0.15, 0.2) is 120 Å². The molecule has 228 valence electrons. The SMILES string of the molecule is COc1cc(Cn2c3ccccc3c3c(Oc4cccc(C(=O)[O-])c4)cccc32)ccc1OCc1nc(-c2ccccc2)oc1C.[Na+]. The third kappa shape index (κ3) is 6.49. The fraction of sp³-hybridized carbons (Fsp3) is 0.105. The molecule has 0 saturated heterocycles. The Morgan fingerprint density at radius 3 is 2.40 bits per heavy atom. The third-order valence-electron chi connectivity index (χ3n) is 7.90. The van der Waals surface area contributed by atoms with Gasteiger partial charge in [-0.25, -0.2) is 4.98 Å². The van der Waals surface area contributed by atoms with E-state index in [0.29, 0.717) is 41.2 Å². The maximum atomic E-state index is 11.4. The molecule has 2 heterocycles. The number of aromatic nitrogens is 2. The number of carbonyl (C=O) groups is 1. The van der Waals surface area contributed by atoms with Gasteiger partial charge in [0.25, 0.3) is 0 Å². The first kappa shape index (κ1) is 31.9. The van der Waals surface area contributed by atoms with Crippen LogP contribution in [-0.2, 0) is 13.2 Å². The number of carbonyl (C=O) groups excluding carboxylic acids is 1. The number of rotatable bonds is 10. The van der Waals surface area contributed by atoms with Gasteiger partial charge in [-0.15, -0.1) is 0 Å². The minimum atomic E-state index is -1.25. The van der Waals surface area contributed by atoms with Crippen LogP contribution in [0, 0.1) is 6.92 Å². The number of ether oxygens (including phenoxy) is 3. The largest absolute Gasteiger partial charge is 1.00 e. The Balaban J connectivity index is 0.00000386. The zero-order valence-corrected chi connectivity index (χ0v) is 28.2. The molecule has 0 aliphatic carbocycles. The van der Waals surface area contributed by atoms with E-state index in [2.05, 4.69) is 27.8 Å². The van der Waals surface area contributed by atoms with Crippen molar-refractivity contribution in [2.75, 3.05) is 7.11 Å². The molecule has 9 heteroatoms.